The molecule has 0 aliphatic heterocycles. The van der Waals surface area contributed by atoms with Crippen LogP contribution in [0.2, 0.25) is 0 Å². The molecule has 0 radical (unpaired) electrons. The first-order chi connectivity index (χ1) is 14.4. The maximum atomic E-state index is 12.6. The number of aromatic carboxylic acids is 1. The zero-order valence-electron chi connectivity index (χ0n) is 15.6. The molecule has 0 atom stereocenters. The van der Waals surface area contributed by atoms with Crippen LogP contribution in [0.15, 0.2) is 53.3 Å². The molecule has 0 bridgehead atoms. The quantitative estimate of drug-likeness (QED) is 0.455. The van der Waals surface area contributed by atoms with Crippen LogP contribution < -0.4 is 16.2 Å². The van der Waals surface area contributed by atoms with Crippen LogP contribution in [0.5, 0.6) is 5.75 Å². The number of H-pyrrole nitrogens is 1. The summed E-state index contributed by atoms with van der Waals surface area (Å²) >= 11 is 0. The van der Waals surface area contributed by atoms with Crippen molar-refractivity contribution in [3.63, 3.8) is 0 Å². The number of aromatic nitrogens is 4. The van der Waals surface area contributed by atoms with E-state index in [0.717, 1.165) is 0 Å². The lowest BCUT2D eigenvalue weighted by atomic mass is 10.1. The van der Waals surface area contributed by atoms with E-state index >= 15 is 0 Å². The fraction of sp³-hybridized carbons (Fsp3) is 0.0500. The molecular formula is C20H15N5O5. The average molecular weight is 405 g/mol. The lowest BCUT2D eigenvalue weighted by Gasteiger charge is -2.07. The number of hydrogen-bond donors (Lipinski definition) is 3. The maximum absolute atomic E-state index is 12.6. The first-order valence-corrected chi connectivity index (χ1v) is 8.70. The number of carboxylic acids is 1. The van der Waals surface area contributed by atoms with Crippen LogP contribution in [-0.2, 0) is 0 Å². The van der Waals surface area contributed by atoms with Crippen LogP contribution in [0.25, 0.3) is 28.2 Å². The number of carbonyl (C=O) groups excluding carboxylic acids is 1. The van der Waals surface area contributed by atoms with Gasteiger partial charge in [0.2, 0.25) is 0 Å². The van der Waals surface area contributed by atoms with Gasteiger partial charge in [-0.2, -0.15) is 0 Å². The van der Waals surface area contributed by atoms with Crippen molar-refractivity contribution >= 4 is 23.0 Å². The van der Waals surface area contributed by atoms with Gasteiger partial charge in [0.15, 0.2) is 17.2 Å². The molecule has 2 aromatic heterocycles. The molecule has 4 N–H and O–H groups in total. The first-order valence-electron chi connectivity index (χ1n) is 8.70. The summed E-state index contributed by atoms with van der Waals surface area (Å²) < 4.78 is 6.42. The van der Waals surface area contributed by atoms with Gasteiger partial charge in [0.05, 0.1) is 18.4 Å². The van der Waals surface area contributed by atoms with Crippen molar-refractivity contribution in [2.24, 2.45) is 5.73 Å². The lowest BCUT2D eigenvalue weighted by Crippen LogP contribution is -2.15. The van der Waals surface area contributed by atoms with Crippen molar-refractivity contribution < 1.29 is 19.4 Å². The third-order valence-electron chi connectivity index (χ3n) is 4.49. The number of amides is 1. The zero-order chi connectivity index (χ0) is 21.4. The Labute approximate surface area is 168 Å². The van der Waals surface area contributed by atoms with E-state index in [1.54, 1.807) is 24.3 Å². The first kappa shape index (κ1) is 18.9. The largest absolute Gasteiger partial charge is 0.497 e. The second kappa shape index (κ2) is 7.17. The number of hydrogen-bond acceptors (Lipinski definition) is 6. The van der Waals surface area contributed by atoms with Crippen molar-refractivity contribution in [2.45, 2.75) is 0 Å². The van der Waals surface area contributed by atoms with Gasteiger partial charge in [-0.05, 0) is 36.4 Å². The highest BCUT2D eigenvalue weighted by Gasteiger charge is 2.20. The molecule has 0 unspecified atom stereocenters. The highest BCUT2D eigenvalue weighted by atomic mass is 16.5. The fourth-order valence-corrected chi connectivity index (χ4v) is 3.02. The number of nitrogens with one attached hydrogen (secondary N) is 1. The molecule has 0 saturated carbocycles. The number of imidazole rings is 1. The molecule has 4 aromatic rings. The number of carbonyl (C=O) groups is 2. The molecule has 150 valence electrons. The van der Waals surface area contributed by atoms with E-state index in [1.807, 2.05) is 0 Å². The highest BCUT2D eigenvalue weighted by molar-refractivity contribution is 6.02. The van der Waals surface area contributed by atoms with Crippen LogP contribution in [0.3, 0.4) is 0 Å². The van der Waals surface area contributed by atoms with Crippen molar-refractivity contribution in [1.82, 2.24) is 19.5 Å². The van der Waals surface area contributed by atoms with Crippen LogP contribution >= 0.6 is 0 Å². The summed E-state index contributed by atoms with van der Waals surface area (Å²) in [5.74, 6) is -1.18. The van der Waals surface area contributed by atoms with Gasteiger partial charge in [0, 0.05) is 5.56 Å². The number of benzene rings is 2. The van der Waals surface area contributed by atoms with Gasteiger partial charge in [0.25, 0.3) is 5.91 Å². The summed E-state index contributed by atoms with van der Waals surface area (Å²) in [6.45, 7) is 0. The lowest BCUT2D eigenvalue weighted by molar-refractivity contribution is 0.0696. The second-order valence-electron chi connectivity index (χ2n) is 6.30. The van der Waals surface area contributed by atoms with E-state index in [4.69, 9.17) is 15.6 Å². The number of primary amides is 1. The highest BCUT2D eigenvalue weighted by Crippen LogP contribution is 2.23. The van der Waals surface area contributed by atoms with Crippen molar-refractivity contribution in [3.05, 3.63) is 70.3 Å². The smallest absolute Gasteiger partial charge is 0.335 e. The summed E-state index contributed by atoms with van der Waals surface area (Å²) in [5, 5.41) is 9.06. The number of carboxylic acid groups (broad SMARTS) is 1. The molecule has 2 aromatic carbocycles. The van der Waals surface area contributed by atoms with Gasteiger partial charge >= 0.3 is 11.7 Å². The topological polar surface area (TPSA) is 153 Å². The summed E-state index contributed by atoms with van der Waals surface area (Å²) in [6, 6.07) is 12.5. The molecule has 2 heterocycles. The maximum Gasteiger partial charge on any atom is 0.335 e. The Balaban J connectivity index is 1.96. The molecule has 0 spiro atoms. The van der Waals surface area contributed by atoms with Gasteiger partial charge in [-0.1, -0.05) is 12.1 Å². The van der Waals surface area contributed by atoms with Crippen molar-refractivity contribution in [2.75, 3.05) is 7.11 Å². The van der Waals surface area contributed by atoms with Crippen LogP contribution in [-0.4, -0.2) is 43.6 Å². The SMILES string of the molecule is COc1ccc(-n2c(=O)[nH]c3c(C(N)=O)nc(-c4ccc(C(=O)O)cc4)nc32)cc1. The number of fused-ring (bicyclic) bond motifs is 1. The molecule has 0 saturated heterocycles. The van der Waals surface area contributed by atoms with Gasteiger partial charge in [-0.3, -0.25) is 4.79 Å². The van der Waals surface area contributed by atoms with Gasteiger partial charge in [0.1, 0.15) is 11.3 Å². The van der Waals surface area contributed by atoms with Crippen molar-refractivity contribution in [3.8, 4) is 22.8 Å². The molecular weight excluding hydrogens is 390 g/mol. The summed E-state index contributed by atoms with van der Waals surface area (Å²) in [7, 11) is 1.53. The molecule has 4 rings (SSSR count). The molecule has 0 aliphatic rings. The normalized spacial score (nSPS) is 10.8. The Hall–Kier alpha value is -4.47. The number of aromatic amines is 1. The van der Waals surface area contributed by atoms with E-state index in [1.165, 1.54) is 35.9 Å². The third-order valence-corrected chi connectivity index (χ3v) is 4.49. The van der Waals surface area contributed by atoms with E-state index in [0.29, 0.717) is 17.0 Å². The summed E-state index contributed by atoms with van der Waals surface area (Å²) in [5.41, 5.74) is 6.10. The van der Waals surface area contributed by atoms with Crippen LogP contribution in [0.1, 0.15) is 20.8 Å². The Morgan fingerprint density at radius 2 is 1.73 bits per heavy atom. The minimum atomic E-state index is -1.07. The summed E-state index contributed by atoms with van der Waals surface area (Å²) in [6.07, 6.45) is 0. The Bertz CT molecular complexity index is 1340. The number of nitrogens with zero attached hydrogens (tertiary/aromatic N) is 3. The Morgan fingerprint density at radius 3 is 2.30 bits per heavy atom. The number of methoxy groups -OCH3 is 1. The van der Waals surface area contributed by atoms with Crippen LogP contribution in [0.4, 0.5) is 0 Å². The van der Waals surface area contributed by atoms with E-state index < -0.39 is 17.6 Å². The predicted octanol–water partition coefficient (Wildman–Crippen LogP) is 1.58. The average Bonchev–Trinajstić information content (AvgIpc) is 3.08. The predicted molar refractivity (Wildman–Crippen MR) is 107 cm³/mol. The summed E-state index contributed by atoms with van der Waals surface area (Å²) in [4.78, 5) is 46.9. The molecule has 0 fully saturated rings. The molecule has 30 heavy (non-hydrogen) atoms. The number of ether oxygens (including phenoxy) is 1. The monoisotopic (exact) mass is 405 g/mol. The van der Waals surface area contributed by atoms with Crippen molar-refractivity contribution in [1.29, 1.82) is 0 Å². The molecule has 10 nitrogen and oxygen atoms in total. The fourth-order valence-electron chi connectivity index (χ4n) is 3.02. The second-order valence-corrected chi connectivity index (χ2v) is 6.30. The Kier molecular flexibility index (Phi) is 4.51. The minimum Gasteiger partial charge on any atom is -0.497 e. The van der Waals surface area contributed by atoms with Crippen LogP contribution in [0, 0.1) is 0 Å². The van der Waals surface area contributed by atoms with Gasteiger partial charge in [-0.25, -0.2) is 24.1 Å². The van der Waals surface area contributed by atoms with Gasteiger partial charge in [-0.15, -0.1) is 0 Å². The van der Waals surface area contributed by atoms with E-state index in [-0.39, 0.29) is 28.2 Å². The Morgan fingerprint density at radius 1 is 1.07 bits per heavy atom. The molecule has 10 heteroatoms. The number of nitrogens with two attached hydrogens (primary N) is 1. The minimum absolute atomic E-state index is 0.0896. The van der Waals surface area contributed by atoms with Gasteiger partial charge < -0.3 is 20.6 Å². The third kappa shape index (κ3) is 3.15. The standard InChI is InChI=1S/C20H15N5O5/c1-30-13-8-6-12(7-9-13)25-18-15(23-20(25)29)14(16(21)26)22-17(24-18)10-2-4-11(5-3-10)19(27)28/h2-9H,1H3,(H2,21,26)(H,23,29)(H,27,28). The van der Waals surface area contributed by atoms with E-state index in [2.05, 4.69) is 15.0 Å². The molecule has 1 amide bonds. The van der Waals surface area contributed by atoms with E-state index in [9.17, 15) is 14.4 Å². The zero-order valence-corrected chi connectivity index (χ0v) is 15.6. The number of rotatable bonds is 5. The molecule has 0 aliphatic carbocycles.